The molecule has 0 radical (unpaired) electrons. The SMILES string of the molecule is CC(Cn1cccn1)NC(=O)COC1CCNCC1. The molecule has 19 heavy (non-hydrogen) atoms. The van der Waals surface area contributed by atoms with E-state index in [0.29, 0.717) is 6.54 Å². The van der Waals surface area contributed by atoms with Gasteiger partial charge in [0, 0.05) is 18.4 Å². The highest BCUT2D eigenvalue weighted by Gasteiger charge is 2.15. The van der Waals surface area contributed by atoms with Crippen LogP contribution in [0, 0.1) is 0 Å². The van der Waals surface area contributed by atoms with Crippen molar-refractivity contribution in [2.45, 2.75) is 38.5 Å². The molecular weight excluding hydrogens is 244 g/mol. The summed E-state index contributed by atoms with van der Waals surface area (Å²) in [5, 5.41) is 10.3. The minimum Gasteiger partial charge on any atom is -0.368 e. The van der Waals surface area contributed by atoms with Crippen molar-refractivity contribution >= 4 is 5.91 Å². The first kappa shape index (κ1) is 14.0. The Balaban J connectivity index is 1.63. The van der Waals surface area contributed by atoms with Crippen LogP contribution in [0.5, 0.6) is 0 Å². The summed E-state index contributed by atoms with van der Waals surface area (Å²) >= 11 is 0. The quantitative estimate of drug-likeness (QED) is 0.769. The van der Waals surface area contributed by atoms with E-state index in [1.807, 2.05) is 19.2 Å². The van der Waals surface area contributed by atoms with Crippen molar-refractivity contribution in [1.29, 1.82) is 0 Å². The highest BCUT2D eigenvalue weighted by atomic mass is 16.5. The smallest absolute Gasteiger partial charge is 0.246 e. The first-order valence-electron chi connectivity index (χ1n) is 6.83. The Hall–Kier alpha value is -1.40. The maximum Gasteiger partial charge on any atom is 0.246 e. The number of ether oxygens (including phenoxy) is 1. The molecule has 6 heteroatoms. The van der Waals surface area contributed by atoms with Crippen LogP contribution in [-0.4, -0.2) is 47.5 Å². The number of carbonyl (C=O) groups is 1. The molecule has 1 aromatic heterocycles. The van der Waals surface area contributed by atoms with Crippen LogP contribution in [0.3, 0.4) is 0 Å². The van der Waals surface area contributed by atoms with Crippen LogP contribution in [0.1, 0.15) is 19.8 Å². The minimum atomic E-state index is -0.0572. The lowest BCUT2D eigenvalue weighted by molar-refractivity contribution is -0.128. The van der Waals surface area contributed by atoms with Gasteiger partial charge < -0.3 is 15.4 Å². The van der Waals surface area contributed by atoms with Gasteiger partial charge in [0.1, 0.15) is 6.61 Å². The number of nitrogens with zero attached hydrogens (tertiary/aromatic N) is 2. The fourth-order valence-corrected chi connectivity index (χ4v) is 2.21. The van der Waals surface area contributed by atoms with Crippen LogP contribution in [0.2, 0.25) is 0 Å². The first-order chi connectivity index (χ1) is 9.24. The van der Waals surface area contributed by atoms with Gasteiger partial charge in [-0.05, 0) is 38.9 Å². The van der Waals surface area contributed by atoms with Gasteiger partial charge in [-0.15, -0.1) is 0 Å². The molecule has 0 spiro atoms. The third kappa shape index (κ3) is 5.00. The maximum absolute atomic E-state index is 11.7. The van der Waals surface area contributed by atoms with Gasteiger partial charge >= 0.3 is 0 Å². The van der Waals surface area contributed by atoms with E-state index in [2.05, 4.69) is 15.7 Å². The number of rotatable bonds is 6. The van der Waals surface area contributed by atoms with Crippen LogP contribution < -0.4 is 10.6 Å². The molecule has 1 saturated heterocycles. The summed E-state index contributed by atoms with van der Waals surface area (Å²) < 4.78 is 7.41. The number of hydrogen-bond acceptors (Lipinski definition) is 4. The van der Waals surface area contributed by atoms with Gasteiger partial charge in [0.25, 0.3) is 0 Å². The molecule has 0 aromatic carbocycles. The molecule has 1 amide bonds. The van der Waals surface area contributed by atoms with E-state index < -0.39 is 0 Å². The van der Waals surface area contributed by atoms with E-state index >= 15 is 0 Å². The molecule has 6 nitrogen and oxygen atoms in total. The van der Waals surface area contributed by atoms with Crippen molar-refractivity contribution in [2.75, 3.05) is 19.7 Å². The van der Waals surface area contributed by atoms with Crippen molar-refractivity contribution < 1.29 is 9.53 Å². The second-order valence-electron chi connectivity index (χ2n) is 4.96. The average Bonchev–Trinajstić information content (AvgIpc) is 2.90. The molecule has 1 aliphatic heterocycles. The molecular formula is C13H22N4O2. The van der Waals surface area contributed by atoms with E-state index in [0.717, 1.165) is 25.9 Å². The van der Waals surface area contributed by atoms with Crippen molar-refractivity contribution in [2.24, 2.45) is 0 Å². The van der Waals surface area contributed by atoms with Gasteiger partial charge in [0.2, 0.25) is 5.91 Å². The number of piperidine rings is 1. The molecule has 1 fully saturated rings. The van der Waals surface area contributed by atoms with E-state index in [4.69, 9.17) is 4.74 Å². The molecule has 2 N–H and O–H groups in total. The summed E-state index contributed by atoms with van der Waals surface area (Å²) in [6.45, 7) is 4.73. The van der Waals surface area contributed by atoms with Gasteiger partial charge in [-0.25, -0.2) is 0 Å². The predicted molar refractivity (Wildman–Crippen MR) is 71.7 cm³/mol. The van der Waals surface area contributed by atoms with Crippen LogP contribution in [-0.2, 0) is 16.1 Å². The molecule has 1 atom stereocenters. The lowest BCUT2D eigenvalue weighted by Crippen LogP contribution is -2.40. The summed E-state index contributed by atoms with van der Waals surface area (Å²) in [6, 6.07) is 1.92. The summed E-state index contributed by atoms with van der Waals surface area (Å²) in [5.41, 5.74) is 0. The number of hydrogen-bond donors (Lipinski definition) is 2. The highest BCUT2D eigenvalue weighted by Crippen LogP contribution is 2.06. The Kier molecular flexibility index (Phi) is 5.35. The molecule has 1 unspecified atom stereocenters. The number of nitrogens with one attached hydrogen (secondary N) is 2. The molecule has 0 aliphatic carbocycles. The first-order valence-corrected chi connectivity index (χ1v) is 6.83. The van der Waals surface area contributed by atoms with Crippen molar-refractivity contribution in [3.63, 3.8) is 0 Å². The average molecular weight is 266 g/mol. The Morgan fingerprint density at radius 2 is 2.37 bits per heavy atom. The normalized spacial score (nSPS) is 18.2. The van der Waals surface area contributed by atoms with Gasteiger partial charge in [-0.3, -0.25) is 9.48 Å². The van der Waals surface area contributed by atoms with Gasteiger partial charge in [-0.1, -0.05) is 0 Å². The zero-order chi connectivity index (χ0) is 13.5. The standard InChI is InChI=1S/C13H22N4O2/c1-11(9-17-8-2-5-15-17)16-13(18)10-19-12-3-6-14-7-4-12/h2,5,8,11-12,14H,3-4,6-7,9-10H2,1H3,(H,16,18). The second-order valence-corrected chi connectivity index (χ2v) is 4.96. The second kappa shape index (κ2) is 7.25. The fourth-order valence-electron chi connectivity index (χ4n) is 2.21. The van der Waals surface area contributed by atoms with Crippen molar-refractivity contribution in [1.82, 2.24) is 20.4 Å². The van der Waals surface area contributed by atoms with Crippen LogP contribution >= 0.6 is 0 Å². The van der Waals surface area contributed by atoms with Crippen LogP contribution in [0.25, 0.3) is 0 Å². The molecule has 1 aromatic rings. The van der Waals surface area contributed by atoms with Crippen molar-refractivity contribution in [3.05, 3.63) is 18.5 Å². The molecule has 1 aliphatic rings. The molecule has 2 heterocycles. The zero-order valence-electron chi connectivity index (χ0n) is 11.3. The number of aromatic nitrogens is 2. The third-order valence-electron chi connectivity index (χ3n) is 3.16. The molecule has 0 bridgehead atoms. The summed E-state index contributed by atoms with van der Waals surface area (Å²) in [7, 11) is 0. The molecule has 0 saturated carbocycles. The predicted octanol–water partition coefficient (Wildman–Crippen LogP) is 0.156. The monoisotopic (exact) mass is 266 g/mol. The summed E-state index contributed by atoms with van der Waals surface area (Å²) in [5.74, 6) is -0.0572. The maximum atomic E-state index is 11.7. The Morgan fingerprint density at radius 1 is 1.58 bits per heavy atom. The van der Waals surface area contributed by atoms with Crippen LogP contribution in [0.15, 0.2) is 18.5 Å². The Morgan fingerprint density at radius 3 is 3.05 bits per heavy atom. The number of carbonyl (C=O) groups excluding carboxylic acids is 1. The number of amides is 1. The van der Waals surface area contributed by atoms with E-state index in [-0.39, 0.29) is 24.7 Å². The van der Waals surface area contributed by atoms with Gasteiger partial charge in [0.05, 0.1) is 12.6 Å². The Bertz CT molecular complexity index is 374. The van der Waals surface area contributed by atoms with Gasteiger partial charge in [-0.2, -0.15) is 5.10 Å². The highest BCUT2D eigenvalue weighted by molar-refractivity contribution is 5.77. The fraction of sp³-hybridized carbons (Fsp3) is 0.692. The Labute approximate surface area is 113 Å². The van der Waals surface area contributed by atoms with Crippen molar-refractivity contribution in [3.8, 4) is 0 Å². The van der Waals surface area contributed by atoms with E-state index in [1.54, 1.807) is 10.9 Å². The molecule has 2 rings (SSSR count). The van der Waals surface area contributed by atoms with Crippen LogP contribution in [0.4, 0.5) is 0 Å². The lowest BCUT2D eigenvalue weighted by Gasteiger charge is -2.23. The third-order valence-corrected chi connectivity index (χ3v) is 3.16. The molecule has 106 valence electrons. The summed E-state index contributed by atoms with van der Waals surface area (Å²) in [6.07, 6.45) is 5.79. The topological polar surface area (TPSA) is 68.2 Å². The zero-order valence-corrected chi connectivity index (χ0v) is 11.3. The van der Waals surface area contributed by atoms with E-state index in [9.17, 15) is 4.79 Å². The summed E-state index contributed by atoms with van der Waals surface area (Å²) in [4.78, 5) is 11.7. The van der Waals surface area contributed by atoms with E-state index in [1.165, 1.54) is 0 Å². The lowest BCUT2D eigenvalue weighted by atomic mass is 10.1. The van der Waals surface area contributed by atoms with Gasteiger partial charge in [0.15, 0.2) is 0 Å². The largest absolute Gasteiger partial charge is 0.368 e. The minimum absolute atomic E-state index is 0.0454.